The van der Waals surface area contributed by atoms with Crippen LogP contribution in [0.5, 0.6) is 0 Å². The van der Waals surface area contributed by atoms with Gasteiger partial charge in [0.05, 0.1) is 12.2 Å². The van der Waals surface area contributed by atoms with E-state index in [4.69, 9.17) is 10.2 Å². The van der Waals surface area contributed by atoms with Crippen molar-refractivity contribution in [1.29, 1.82) is 0 Å². The summed E-state index contributed by atoms with van der Waals surface area (Å²) in [5, 5.41) is 17.8. The highest BCUT2D eigenvalue weighted by Crippen LogP contribution is 2.18. The minimum atomic E-state index is -0.369. The van der Waals surface area contributed by atoms with Crippen LogP contribution in [0.1, 0.15) is 85.5 Å². The summed E-state index contributed by atoms with van der Waals surface area (Å²) in [4.78, 5) is 0. The van der Waals surface area contributed by atoms with Gasteiger partial charge in [-0.2, -0.15) is 0 Å². The summed E-state index contributed by atoms with van der Waals surface area (Å²) in [5.41, 5.74) is 0. The van der Waals surface area contributed by atoms with Gasteiger partial charge in [0.15, 0.2) is 0 Å². The first-order chi connectivity index (χ1) is 9.51. The van der Waals surface area contributed by atoms with Gasteiger partial charge < -0.3 is 10.2 Å². The lowest BCUT2D eigenvalue weighted by Crippen LogP contribution is -2.13. The third-order valence-electron chi connectivity index (χ3n) is 3.40. The van der Waals surface area contributed by atoms with E-state index in [0.29, 0.717) is 6.42 Å². The number of unbranched alkanes of at least 4 members (excludes halogenated alkanes) is 1. The molecule has 122 valence electrons. The van der Waals surface area contributed by atoms with Crippen molar-refractivity contribution in [2.24, 2.45) is 5.92 Å². The Morgan fingerprint density at radius 1 is 0.950 bits per heavy atom. The molecule has 0 spiro atoms. The molecule has 0 aromatic rings. The molecule has 2 nitrogen and oxygen atoms in total. The molecule has 0 rings (SSSR count). The van der Waals surface area contributed by atoms with E-state index < -0.39 is 0 Å². The second kappa shape index (κ2) is 16.7. The van der Waals surface area contributed by atoms with E-state index in [1.165, 1.54) is 38.5 Å². The number of rotatable bonds is 11. The van der Waals surface area contributed by atoms with E-state index >= 15 is 0 Å². The highest BCUT2D eigenvalue weighted by atomic mass is 16.3. The molecule has 3 atom stereocenters. The van der Waals surface area contributed by atoms with Gasteiger partial charge in [-0.25, -0.2) is 0 Å². The fourth-order valence-electron chi connectivity index (χ4n) is 2.36. The largest absolute Gasteiger partial charge is 0.393 e. The van der Waals surface area contributed by atoms with Crippen LogP contribution in [0.15, 0.2) is 12.7 Å². The second-order valence-electron chi connectivity index (χ2n) is 5.85. The summed E-state index contributed by atoms with van der Waals surface area (Å²) < 4.78 is 0. The van der Waals surface area contributed by atoms with Crippen molar-refractivity contribution in [2.75, 3.05) is 0 Å². The number of allylic oxidation sites excluding steroid dienone is 1. The molecule has 0 saturated carbocycles. The molecule has 0 saturated heterocycles. The van der Waals surface area contributed by atoms with Crippen LogP contribution < -0.4 is 0 Å². The molecule has 0 aliphatic rings. The maximum atomic E-state index is 9.06. The monoisotopic (exact) mass is 286 g/mol. The summed E-state index contributed by atoms with van der Waals surface area (Å²) in [5.74, 6) is 0.914. The molecular weight excluding hydrogens is 248 g/mol. The Morgan fingerprint density at radius 3 is 1.95 bits per heavy atom. The van der Waals surface area contributed by atoms with Crippen LogP contribution >= 0.6 is 0 Å². The zero-order valence-electron chi connectivity index (χ0n) is 14.3. The highest BCUT2D eigenvalue weighted by molar-refractivity contribution is 4.72. The molecule has 0 aliphatic carbocycles. The Bertz CT molecular complexity index is 190. The normalized spacial score (nSPS) is 14.9. The SMILES string of the molecule is C=CCC(CCC)CCCC.CCCC(O)CC(C)O. The number of hydrogen-bond donors (Lipinski definition) is 2. The average molecular weight is 286 g/mol. The molecule has 0 aromatic carbocycles. The zero-order chi connectivity index (χ0) is 15.8. The van der Waals surface area contributed by atoms with Crippen molar-refractivity contribution in [2.45, 2.75) is 97.7 Å². The second-order valence-corrected chi connectivity index (χ2v) is 5.85. The van der Waals surface area contributed by atoms with Crippen LogP contribution in [0.4, 0.5) is 0 Å². The van der Waals surface area contributed by atoms with Gasteiger partial charge in [0.2, 0.25) is 0 Å². The van der Waals surface area contributed by atoms with Gasteiger partial charge in [0, 0.05) is 0 Å². The van der Waals surface area contributed by atoms with Crippen molar-refractivity contribution in [3.8, 4) is 0 Å². The van der Waals surface area contributed by atoms with Crippen LogP contribution in [0.3, 0.4) is 0 Å². The van der Waals surface area contributed by atoms with E-state index in [1.54, 1.807) is 6.92 Å². The molecule has 0 bridgehead atoms. The van der Waals surface area contributed by atoms with Gasteiger partial charge in [-0.1, -0.05) is 65.4 Å². The Hall–Kier alpha value is -0.340. The molecule has 0 radical (unpaired) electrons. The van der Waals surface area contributed by atoms with Crippen LogP contribution in [-0.2, 0) is 0 Å². The quantitative estimate of drug-likeness (QED) is 0.519. The van der Waals surface area contributed by atoms with Crippen LogP contribution in [0.25, 0.3) is 0 Å². The fourth-order valence-corrected chi connectivity index (χ4v) is 2.36. The van der Waals surface area contributed by atoms with Gasteiger partial charge >= 0.3 is 0 Å². The van der Waals surface area contributed by atoms with Gasteiger partial charge in [-0.3, -0.25) is 0 Å². The van der Waals surface area contributed by atoms with E-state index in [-0.39, 0.29) is 12.2 Å². The molecule has 2 N–H and O–H groups in total. The fraction of sp³-hybridized carbons (Fsp3) is 0.889. The van der Waals surface area contributed by atoms with Gasteiger partial charge in [-0.05, 0) is 32.1 Å². The Balaban J connectivity index is 0. The summed E-state index contributed by atoms with van der Waals surface area (Å²) in [7, 11) is 0. The number of hydrogen-bond acceptors (Lipinski definition) is 2. The van der Waals surface area contributed by atoms with Crippen LogP contribution in [-0.4, -0.2) is 22.4 Å². The topological polar surface area (TPSA) is 40.5 Å². The minimum Gasteiger partial charge on any atom is -0.393 e. The third kappa shape index (κ3) is 17.7. The standard InChI is InChI=1S/C11H22.C7H16O2/c1-4-7-10-11(8-5-2)9-6-3;1-3-4-7(9)5-6(2)8/h5,11H,2,4,6-10H2,1,3H3;6-9H,3-5H2,1-2H3. The Morgan fingerprint density at radius 2 is 1.55 bits per heavy atom. The molecule has 0 heterocycles. The lowest BCUT2D eigenvalue weighted by atomic mass is 9.94. The van der Waals surface area contributed by atoms with Crippen molar-refractivity contribution in [3.05, 3.63) is 12.7 Å². The zero-order valence-corrected chi connectivity index (χ0v) is 14.3. The van der Waals surface area contributed by atoms with Gasteiger partial charge in [0.1, 0.15) is 0 Å². The lowest BCUT2D eigenvalue weighted by Gasteiger charge is -2.12. The molecule has 0 amide bonds. The van der Waals surface area contributed by atoms with E-state index in [0.717, 1.165) is 18.8 Å². The first-order valence-corrected chi connectivity index (χ1v) is 8.48. The maximum Gasteiger partial charge on any atom is 0.0564 e. The Kier molecular flexibility index (Phi) is 18.3. The molecule has 20 heavy (non-hydrogen) atoms. The lowest BCUT2D eigenvalue weighted by molar-refractivity contribution is 0.0848. The van der Waals surface area contributed by atoms with Crippen molar-refractivity contribution in [3.63, 3.8) is 0 Å². The minimum absolute atomic E-state index is 0.310. The predicted molar refractivity (Wildman–Crippen MR) is 89.9 cm³/mol. The average Bonchev–Trinajstić information content (AvgIpc) is 2.36. The van der Waals surface area contributed by atoms with E-state index in [9.17, 15) is 0 Å². The molecule has 2 heteroatoms. The predicted octanol–water partition coefficient (Wildman–Crippen LogP) is 5.09. The molecule has 0 aromatic heterocycles. The van der Waals surface area contributed by atoms with Crippen LogP contribution in [0, 0.1) is 5.92 Å². The smallest absolute Gasteiger partial charge is 0.0564 e. The van der Waals surface area contributed by atoms with Gasteiger partial charge in [0.25, 0.3) is 0 Å². The van der Waals surface area contributed by atoms with E-state index in [2.05, 4.69) is 26.5 Å². The number of aliphatic hydroxyl groups excluding tert-OH is 2. The first kappa shape index (κ1) is 21.9. The molecule has 0 fully saturated rings. The third-order valence-corrected chi connectivity index (χ3v) is 3.40. The van der Waals surface area contributed by atoms with E-state index in [1.807, 2.05) is 6.92 Å². The van der Waals surface area contributed by atoms with Crippen LogP contribution in [0.2, 0.25) is 0 Å². The summed E-state index contributed by atoms with van der Waals surface area (Å²) in [6, 6.07) is 0. The van der Waals surface area contributed by atoms with Gasteiger partial charge in [-0.15, -0.1) is 6.58 Å². The van der Waals surface area contributed by atoms with Crippen molar-refractivity contribution >= 4 is 0 Å². The molecule has 0 aliphatic heterocycles. The summed E-state index contributed by atoms with van der Waals surface area (Å²) in [6.45, 7) is 12.0. The molecular formula is C18H38O2. The summed E-state index contributed by atoms with van der Waals surface area (Å²) >= 11 is 0. The number of aliphatic hydroxyl groups is 2. The van der Waals surface area contributed by atoms with Crippen molar-refractivity contribution in [1.82, 2.24) is 0 Å². The first-order valence-electron chi connectivity index (χ1n) is 8.48. The maximum absolute atomic E-state index is 9.06. The van der Waals surface area contributed by atoms with Crippen molar-refractivity contribution < 1.29 is 10.2 Å². The molecule has 3 unspecified atom stereocenters. The Labute approximate surface area is 127 Å². The highest BCUT2D eigenvalue weighted by Gasteiger charge is 2.05. The summed E-state index contributed by atoms with van der Waals surface area (Å²) in [6.07, 6.45) is 11.7.